The van der Waals surface area contributed by atoms with E-state index in [4.69, 9.17) is 0 Å². The topological polar surface area (TPSA) is 76.3 Å². The summed E-state index contributed by atoms with van der Waals surface area (Å²) in [5.41, 5.74) is 2.38. The minimum absolute atomic E-state index is 0.00535. The van der Waals surface area contributed by atoms with Crippen LogP contribution in [0, 0.1) is 0 Å². The summed E-state index contributed by atoms with van der Waals surface area (Å²) >= 11 is 0. The lowest BCUT2D eigenvalue weighted by Gasteiger charge is -2.20. The Morgan fingerprint density at radius 2 is 2.00 bits per heavy atom. The van der Waals surface area contributed by atoms with Crippen molar-refractivity contribution in [1.29, 1.82) is 0 Å². The minimum atomic E-state index is 0.00535. The average molecular weight is 322 g/mol. The highest BCUT2D eigenvalue weighted by atomic mass is 16.2. The third-order valence-corrected chi connectivity index (χ3v) is 4.65. The SMILES string of the molecule is O=C(c1cccn2nnnc12)N1CCCC(c2ccncc2)CC1. The number of hydrogen-bond donors (Lipinski definition) is 0. The van der Waals surface area contributed by atoms with Gasteiger partial charge in [0.25, 0.3) is 5.91 Å². The Morgan fingerprint density at radius 1 is 1.12 bits per heavy atom. The van der Waals surface area contributed by atoms with Gasteiger partial charge in [-0.05, 0) is 65.4 Å². The van der Waals surface area contributed by atoms with Crippen molar-refractivity contribution in [2.45, 2.75) is 25.2 Å². The second-order valence-electron chi connectivity index (χ2n) is 6.07. The molecule has 3 aromatic heterocycles. The molecule has 7 heteroatoms. The molecule has 1 atom stereocenters. The molecular weight excluding hydrogens is 304 g/mol. The molecule has 4 rings (SSSR count). The van der Waals surface area contributed by atoms with Gasteiger partial charge in [0.15, 0.2) is 5.65 Å². The predicted octanol–water partition coefficient (Wildman–Crippen LogP) is 1.93. The summed E-state index contributed by atoms with van der Waals surface area (Å²) in [7, 11) is 0. The van der Waals surface area contributed by atoms with Crippen molar-refractivity contribution in [2.75, 3.05) is 13.1 Å². The first kappa shape index (κ1) is 14.7. The Hall–Kier alpha value is -2.83. The van der Waals surface area contributed by atoms with Crippen LogP contribution in [0.5, 0.6) is 0 Å². The molecule has 0 saturated carbocycles. The van der Waals surface area contributed by atoms with Crippen molar-refractivity contribution in [3.8, 4) is 0 Å². The van der Waals surface area contributed by atoms with Gasteiger partial charge in [0.1, 0.15) is 0 Å². The number of rotatable bonds is 2. The monoisotopic (exact) mass is 322 g/mol. The highest BCUT2D eigenvalue weighted by Gasteiger charge is 2.24. The lowest BCUT2D eigenvalue weighted by atomic mass is 9.93. The molecule has 7 nitrogen and oxygen atoms in total. The summed E-state index contributed by atoms with van der Waals surface area (Å²) in [6, 6.07) is 7.74. The fraction of sp³-hybridized carbons (Fsp3) is 0.353. The van der Waals surface area contributed by atoms with Gasteiger partial charge in [-0.25, -0.2) is 0 Å². The van der Waals surface area contributed by atoms with Gasteiger partial charge in [-0.2, -0.15) is 4.52 Å². The lowest BCUT2D eigenvalue weighted by molar-refractivity contribution is 0.0762. The molecule has 24 heavy (non-hydrogen) atoms. The first-order valence-electron chi connectivity index (χ1n) is 8.19. The zero-order valence-corrected chi connectivity index (χ0v) is 13.2. The molecule has 1 saturated heterocycles. The van der Waals surface area contributed by atoms with Gasteiger partial charge in [-0.1, -0.05) is 0 Å². The van der Waals surface area contributed by atoms with Crippen LogP contribution in [-0.2, 0) is 0 Å². The van der Waals surface area contributed by atoms with Crippen LogP contribution >= 0.6 is 0 Å². The van der Waals surface area contributed by atoms with Crippen molar-refractivity contribution < 1.29 is 4.79 Å². The predicted molar refractivity (Wildman–Crippen MR) is 87.5 cm³/mol. The molecule has 0 aromatic carbocycles. The van der Waals surface area contributed by atoms with Crippen LogP contribution in [0.1, 0.15) is 41.1 Å². The fourth-order valence-electron chi connectivity index (χ4n) is 3.37. The molecular formula is C17H18N6O. The van der Waals surface area contributed by atoms with E-state index >= 15 is 0 Å². The average Bonchev–Trinajstić information content (AvgIpc) is 2.98. The van der Waals surface area contributed by atoms with Crippen molar-refractivity contribution in [2.24, 2.45) is 0 Å². The van der Waals surface area contributed by atoms with Crippen LogP contribution in [0.25, 0.3) is 5.65 Å². The van der Waals surface area contributed by atoms with E-state index in [0.29, 0.717) is 17.1 Å². The Bertz CT molecular complexity index is 846. The second-order valence-corrected chi connectivity index (χ2v) is 6.07. The van der Waals surface area contributed by atoms with Gasteiger partial charge in [-0.15, -0.1) is 5.10 Å². The Morgan fingerprint density at radius 3 is 2.88 bits per heavy atom. The Balaban J connectivity index is 1.53. The molecule has 3 aromatic rings. The highest BCUT2D eigenvalue weighted by Crippen LogP contribution is 2.28. The zero-order chi connectivity index (χ0) is 16.4. The number of carbonyl (C=O) groups is 1. The van der Waals surface area contributed by atoms with E-state index in [-0.39, 0.29) is 5.91 Å². The third kappa shape index (κ3) is 2.73. The Kier molecular flexibility index (Phi) is 3.90. The molecule has 1 aliphatic heterocycles. The van der Waals surface area contributed by atoms with Crippen molar-refractivity contribution in [1.82, 2.24) is 29.9 Å². The maximum Gasteiger partial charge on any atom is 0.257 e. The molecule has 1 aliphatic rings. The number of aromatic nitrogens is 5. The van der Waals surface area contributed by atoms with Crippen LogP contribution in [-0.4, -0.2) is 48.9 Å². The van der Waals surface area contributed by atoms with E-state index in [0.717, 1.165) is 32.4 Å². The summed E-state index contributed by atoms with van der Waals surface area (Å²) in [4.78, 5) is 18.9. The summed E-state index contributed by atoms with van der Waals surface area (Å²) in [6.45, 7) is 1.51. The standard InChI is InChI=1S/C17H18N6O/c24-17(15-4-2-11-23-16(15)19-20-21-23)22-10-1-3-13(7-12-22)14-5-8-18-9-6-14/h2,4-6,8-9,11,13H,1,3,7,10,12H2. The minimum Gasteiger partial charge on any atom is -0.339 e. The van der Waals surface area contributed by atoms with Gasteiger partial charge < -0.3 is 4.90 Å². The molecule has 1 unspecified atom stereocenters. The zero-order valence-electron chi connectivity index (χ0n) is 13.2. The summed E-state index contributed by atoms with van der Waals surface area (Å²) in [5.74, 6) is 0.488. The maximum atomic E-state index is 12.9. The molecule has 0 N–H and O–H groups in total. The molecule has 0 aliphatic carbocycles. The van der Waals surface area contributed by atoms with E-state index in [1.54, 1.807) is 18.3 Å². The van der Waals surface area contributed by atoms with E-state index in [2.05, 4.69) is 32.6 Å². The number of hydrogen-bond acceptors (Lipinski definition) is 5. The second kappa shape index (κ2) is 6.35. The first-order valence-corrected chi connectivity index (χ1v) is 8.19. The number of likely N-dealkylation sites (tertiary alicyclic amines) is 1. The maximum absolute atomic E-state index is 12.9. The van der Waals surface area contributed by atoms with E-state index in [1.807, 2.05) is 17.3 Å². The van der Waals surface area contributed by atoms with Crippen molar-refractivity contribution in [3.63, 3.8) is 0 Å². The van der Waals surface area contributed by atoms with E-state index < -0.39 is 0 Å². The van der Waals surface area contributed by atoms with Crippen molar-refractivity contribution in [3.05, 3.63) is 54.0 Å². The fourth-order valence-corrected chi connectivity index (χ4v) is 3.37. The number of carbonyl (C=O) groups excluding carboxylic acids is 1. The van der Waals surface area contributed by atoms with Gasteiger partial charge in [0.2, 0.25) is 0 Å². The molecule has 0 bridgehead atoms. The van der Waals surface area contributed by atoms with Crippen LogP contribution in [0.3, 0.4) is 0 Å². The molecule has 1 fully saturated rings. The smallest absolute Gasteiger partial charge is 0.257 e. The van der Waals surface area contributed by atoms with Crippen LogP contribution < -0.4 is 0 Å². The van der Waals surface area contributed by atoms with Gasteiger partial charge in [0, 0.05) is 31.7 Å². The molecule has 1 amide bonds. The Labute approximate surface area is 139 Å². The third-order valence-electron chi connectivity index (χ3n) is 4.65. The van der Waals surface area contributed by atoms with Gasteiger partial charge in [0.05, 0.1) is 5.56 Å². The number of nitrogens with zero attached hydrogens (tertiary/aromatic N) is 6. The highest BCUT2D eigenvalue weighted by molar-refractivity contribution is 5.99. The largest absolute Gasteiger partial charge is 0.339 e. The molecule has 0 spiro atoms. The lowest BCUT2D eigenvalue weighted by Crippen LogP contribution is -2.32. The first-order chi connectivity index (χ1) is 11.8. The van der Waals surface area contributed by atoms with Gasteiger partial charge in [-0.3, -0.25) is 9.78 Å². The van der Waals surface area contributed by atoms with Crippen LogP contribution in [0.2, 0.25) is 0 Å². The number of fused-ring (bicyclic) bond motifs is 1. The summed E-state index contributed by atoms with van der Waals surface area (Å²) in [6.07, 6.45) is 8.46. The normalized spacial score (nSPS) is 18.5. The molecule has 122 valence electrons. The van der Waals surface area contributed by atoms with E-state index in [1.165, 1.54) is 10.1 Å². The van der Waals surface area contributed by atoms with E-state index in [9.17, 15) is 4.79 Å². The number of pyridine rings is 2. The summed E-state index contributed by atoms with van der Waals surface area (Å²) < 4.78 is 1.53. The molecule has 0 radical (unpaired) electrons. The quantitative estimate of drug-likeness (QED) is 0.720. The number of amides is 1. The van der Waals surface area contributed by atoms with Crippen LogP contribution in [0.4, 0.5) is 0 Å². The number of tetrazole rings is 1. The summed E-state index contributed by atoms with van der Waals surface area (Å²) in [5, 5.41) is 11.5. The van der Waals surface area contributed by atoms with Gasteiger partial charge >= 0.3 is 0 Å². The van der Waals surface area contributed by atoms with Crippen molar-refractivity contribution >= 4 is 11.6 Å². The molecule has 4 heterocycles. The van der Waals surface area contributed by atoms with Crippen LogP contribution in [0.15, 0.2) is 42.9 Å².